The van der Waals surface area contributed by atoms with Crippen molar-refractivity contribution < 1.29 is 8.78 Å². The van der Waals surface area contributed by atoms with Gasteiger partial charge in [0.05, 0.1) is 0 Å². The number of aryl methyl sites for hydroxylation is 1. The average Bonchev–Trinajstić information content (AvgIpc) is 2.30. The molecule has 0 nitrogen and oxygen atoms in total. The Hall–Kier alpha value is -0.920. The summed E-state index contributed by atoms with van der Waals surface area (Å²) in [5.74, 6) is -2.58. The van der Waals surface area contributed by atoms with Gasteiger partial charge in [-0.15, -0.1) is 0 Å². The van der Waals surface area contributed by atoms with Crippen LogP contribution in [0.3, 0.4) is 0 Å². The summed E-state index contributed by atoms with van der Waals surface area (Å²) < 4.78 is 26.2. The van der Waals surface area contributed by atoms with Crippen LogP contribution in [-0.4, -0.2) is 0 Å². The molecule has 0 unspecified atom stereocenters. The summed E-state index contributed by atoms with van der Waals surface area (Å²) in [4.78, 5) is 0. The molecule has 0 aliphatic heterocycles. The van der Waals surface area contributed by atoms with E-state index < -0.39 is 5.92 Å². The van der Waals surface area contributed by atoms with E-state index in [0.29, 0.717) is 6.42 Å². The SMILES string of the molecule is Cc1cccc2c1CCC2(F)F. The van der Waals surface area contributed by atoms with Crippen molar-refractivity contribution in [2.24, 2.45) is 0 Å². The lowest BCUT2D eigenvalue weighted by atomic mass is 10.0. The molecule has 1 aromatic carbocycles. The van der Waals surface area contributed by atoms with Crippen LogP contribution in [0, 0.1) is 6.92 Å². The van der Waals surface area contributed by atoms with Gasteiger partial charge in [0.1, 0.15) is 0 Å². The fourth-order valence-electron chi connectivity index (χ4n) is 1.79. The van der Waals surface area contributed by atoms with Gasteiger partial charge in [0, 0.05) is 12.0 Å². The first-order chi connectivity index (χ1) is 5.61. The van der Waals surface area contributed by atoms with Crippen molar-refractivity contribution in [3.8, 4) is 0 Å². The van der Waals surface area contributed by atoms with Gasteiger partial charge in [-0.25, -0.2) is 8.78 Å². The maximum Gasteiger partial charge on any atom is 0.273 e. The van der Waals surface area contributed by atoms with Crippen molar-refractivity contribution in [2.75, 3.05) is 0 Å². The summed E-state index contributed by atoms with van der Waals surface area (Å²) in [5, 5.41) is 0. The molecule has 2 heteroatoms. The van der Waals surface area contributed by atoms with E-state index in [-0.39, 0.29) is 12.0 Å². The van der Waals surface area contributed by atoms with Crippen LogP contribution in [0.5, 0.6) is 0 Å². The molecule has 1 aliphatic rings. The first kappa shape index (κ1) is 7.71. The Kier molecular flexibility index (Phi) is 1.47. The Labute approximate surface area is 70.2 Å². The molecule has 0 fully saturated rings. The van der Waals surface area contributed by atoms with Gasteiger partial charge < -0.3 is 0 Å². The Morgan fingerprint density at radius 1 is 1.33 bits per heavy atom. The largest absolute Gasteiger partial charge is 0.273 e. The second-order valence-corrected chi connectivity index (χ2v) is 3.31. The highest BCUT2D eigenvalue weighted by Gasteiger charge is 2.39. The first-order valence-corrected chi connectivity index (χ1v) is 4.08. The van der Waals surface area contributed by atoms with Crippen molar-refractivity contribution >= 4 is 0 Å². The summed E-state index contributed by atoms with van der Waals surface area (Å²) in [6.07, 6.45) is 0.502. The van der Waals surface area contributed by atoms with Crippen LogP contribution in [0.2, 0.25) is 0 Å². The van der Waals surface area contributed by atoms with E-state index in [1.54, 1.807) is 6.07 Å². The van der Waals surface area contributed by atoms with Crippen LogP contribution < -0.4 is 0 Å². The third-order valence-electron chi connectivity index (χ3n) is 2.49. The summed E-state index contributed by atoms with van der Waals surface area (Å²) in [6.45, 7) is 1.89. The molecule has 0 N–H and O–H groups in total. The van der Waals surface area contributed by atoms with Crippen LogP contribution in [0.15, 0.2) is 18.2 Å². The second kappa shape index (κ2) is 2.28. The zero-order valence-corrected chi connectivity index (χ0v) is 6.90. The van der Waals surface area contributed by atoms with E-state index >= 15 is 0 Å². The monoisotopic (exact) mass is 168 g/mol. The molecule has 0 saturated carbocycles. The molecule has 0 radical (unpaired) electrons. The van der Waals surface area contributed by atoms with Crippen molar-refractivity contribution in [1.82, 2.24) is 0 Å². The number of alkyl halides is 2. The quantitative estimate of drug-likeness (QED) is 0.558. The Bertz CT molecular complexity index is 316. The minimum Gasteiger partial charge on any atom is -0.201 e. The molecule has 0 aromatic heterocycles. The van der Waals surface area contributed by atoms with Gasteiger partial charge in [-0.3, -0.25) is 0 Å². The van der Waals surface area contributed by atoms with Crippen LogP contribution >= 0.6 is 0 Å². The standard InChI is InChI=1S/C10H10F2/c1-7-3-2-4-9-8(7)5-6-10(9,11)12/h2-4H,5-6H2,1H3. The van der Waals surface area contributed by atoms with Crippen LogP contribution in [0.25, 0.3) is 0 Å². The molecule has 0 amide bonds. The number of hydrogen-bond acceptors (Lipinski definition) is 0. The number of rotatable bonds is 0. The Morgan fingerprint density at radius 2 is 2.08 bits per heavy atom. The molecule has 1 aliphatic carbocycles. The molecule has 0 atom stereocenters. The van der Waals surface area contributed by atoms with E-state index in [2.05, 4.69) is 0 Å². The minimum atomic E-state index is -2.58. The molecule has 0 heterocycles. The van der Waals surface area contributed by atoms with E-state index in [0.717, 1.165) is 11.1 Å². The lowest BCUT2D eigenvalue weighted by Crippen LogP contribution is -2.07. The first-order valence-electron chi connectivity index (χ1n) is 4.08. The highest BCUT2D eigenvalue weighted by Crippen LogP contribution is 2.42. The highest BCUT2D eigenvalue weighted by molar-refractivity contribution is 5.40. The Balaban J connectivity index is 2.61. The van der Waals surface area contributed by atoms with Crippen molar-refractivity contribution in [2.45, 2.75) is 25.7 Å². The molecule has 64 valence electrons. The molecule has 0 spiro atoms. The third-order valence-corrected chi connectivity index (χ3v) is 2.49. The molecule has 2 rings (SSSR count). The summed E-state index contributed by atoms with van der Waals surface area (Å²) in [5.41, 5.74) is 2.08. The van der Waals surface area contributed by atoms with E-state index in [1.165, 1.54) is 6.07 Å². The zero-order chi connectivity index (χ0) is 8.77. The van der Waals surface area contributed by atoms with Crippen molar-refractivity contribution in [1.29, 1.82) is 0 Å². The van der Waals surface area contributed by atoms with Crippen LogP contribution in [0.4, 0.5) is 8.78 Å². The molecule has 1 aromatic rings. The van der Waals surface area contributed by atoms with Gasteiger partial charge in [0.25, 0.3) is 5.92 Å². The number of halogens is 2. The van der Waals surface area contributed by atoms with E-state index in [9.17, 15) is 8.78 Å². The zero-order valence-electron chi connectivity index (χ0n) is 6.90. The van der Waals surface area contributed by atoms with Crippen LogP contribution in [-0.2, 0) is 12.3 Å². The number of fused-ring (bicyclic) bond motifs is 1. The van der Waals surface area contributed by atoms with Gasteiger partial charge in [0.15, 0.2) is 0 Å². The van der Waals surface area contributed by atoms with Gasteiger partial charge in [0.2, 0.25) is 0 Å². The van der Waals surface area contributed by atoms with Gasteiger partial charge in [-0.1, -0.05) is 18.2 Å². The minimum absolute atomic E-state index is 0.0206. The number of hydrogen-bond donors (Lipinski definition) is 0. The fraction of sp³-hybridized carbons (Fsp3) is 0.400. The predicted molar refractivity (Wildman–Crippen MR) is 43.4 cm³/mol. The van der Waals surface area contributed by atoms with Gasteiger partial charge in [-0.2, -0.15) is 0 Å². The van der Waals surface area contributed by atoms with Gasteiger partial charge in [-0.05, 0) is 24.5 Å². The predicted octanol–water partition coefficient (Wildman–Crippen LogP) is 3.03. The summed E-state index contributed by atoms with van der Waals surface area (Å²) in [7, 11) is 0. The normalized spacial score (nSPS) is 19.2. The van der Waals surface area contributed by atoms with E-state index in [4.69, 9.17) is 0 Å². The molecular weight excluding hydrogens is 158 g/mol. The summed E-state index contributed by atoms with van der Waals surface area (Å²) >= 11 is 0. The fourth-order valence-corrected chi connectivity index (χ4v) is 1.79. The Morgan fingerprint density at radius 3 is 2.75 bits per heavy atom. The number of benzene rings is 1. The lowest BCUT2D eigenvalue weighted by molar-refractivity contribution is -0.00184. The second-order valence-electron chi connectivity index (χ2n) is 3.31. The maximum atomic E-state index is 13.1. The van der Waals surface area contributed by atoms with Gasteiger partial charge >= 0.3 is 0 Å². The molecule has 12 heavy (non-hydrogen) atoms. The lowest BCUT2D eigenvalue weighted by Gasteiger charge is -2.09. The molecule has 0 saturated heterocycles. The van der Waals surface area contributed by atoms with Crippen molar-refractivity contribution in [3.63, 3.8) is 0 Å². The van der Waals surface area contributed by atoms with E-state index in [1.807, 2.05) is 13.0 Å². The molecular formula is C10H10F2. The highest BCUT2D eigenvalue weighted by atomic mass is 19.3. The smallest absolute Gasteiger partial charge is 0.201 e. The molecule has 0 bridgehead atoms. The maximum absolute atomic E-state index is 13.1. The van der Waals surface area contributed by atoms with Crippen LogP contribution in [0.1, 0.15) is 23.1 Å². The average molecular weight is 168 g/mol. The summed E-state index contributed by atoms with van der Waals surface area (Å²) in [6, 6.07) is 5.13. The van der Waals surface area contributed by atoms with Crippen molar-refractivity contribution in [3.05, 3.63) is 34.9 Å². The third kappa shape index (κ3) is 0.942. The topological polar surface area (TPSA) is 0 Å².